The van der Waals surface area contributed by atoms with E-state index in [1.54, 1.807) is 30.3 Å². The average Bonchev–Trinajstić information content (AvgIpc) is 2.36. The summed E-state index contributed by atoms with van der Waals surface area (Å²) in [5, 5.41) is 0. The molecule has 0 radical (unpaired) electrons. The molecule has 5 heteroatoms. The second kappa shape index (κ2) is 5.77. The van der Waals surface area contributed by atoms with E-state index in [9.17, 15) is 14.4 Å². The number of amides is 2. The summed E-state index contributed by atoms with van der Waals surface area (Å²) in [7, 11) is 1.26. The lowest BCUT2D eigenvalue weighted by Crippen LogP contribution is -2.40. The summed E-state index contributed by atoms with van der Waals surface area (Å²) >= 11 is 0. The zero-order valence-electron chi connectivity index (χ0n) is 8.70. The Labute approximate surface area is 92.6 Å². The summed E-state index contributed by atoms with van der Waals surface area (Å²) < 4.78 is 4.82. The summed E-state index contributed by atoms with van der Waals surface area (Å²) in [6.45, 7) is 0. The maximum Gasteiger partial charge on any atom is 0.218 e. The zero-order valence-corrected chi connectivity index (χ0v) is 8.70. The molecule has 0 heterocycles. The molecule has 0 fully saturated rings. The van der Waals surface area contributed by atoms with Crippen molar-refractivity contribution in [2.45, 2.75) is 6.23 Å². The number of hydrogen-bond donors (Lipinski definition) is 0. The number of Topliss-reactive ketones (excluding diaryl/α,β-unsaturated/α-hetero) is 1. The van der Waals surface area contributed by atoms with Crippen molar-refractivity contribution < 1.29 is 19.1 Å². The number of methoxy groups -OCH3 is 1. The molecule has 0 saturated heterocycles. The van der Waals surface area contributed by atoms with E-state index in [0.29, 0.717) is 10.5 Å². The van der Waals surface area contributed by atoms with Gasteiger partial charge in [0, 0.05) is 12.7 Å². The van der Waals surface area contributed by atoms with E-state index in [4.69, 9.17) is 4.74 Å². The van der Waals surface area contributed by atoms with E-state index < -0.39 is 12.0 Å². The molecule has 0 aromatic heterocycles. The highest BCUT2D eigenvalue weighted by molar-refractivity contribution is 6.01. The van der Waals surface area contributed by atoms with E-state index in [2.05, 4.69) is 0 Å². The van der Waals surface area contributed by atoms with Crippen molar-refractivity contribution in [1.82, 2.24) is 4.90 Å². The van der Waals surface area contributed by atoms with Gasteiger partial charge < -0.3 is 4.74 Å². The van der Waals surface area contributed by atoms with Crippen LogP contribution < -0.4 is 0 Å². The van der Waals surface area contributed by atoms with Gasteiger partial charge in [-0.15, -0.1) is 0 Å². The van der Waals surface area contributed by atoms with Crippen molar-refractivity contribution >= 4 is 18.6 Å². The number of carbonyl (C=O) groups is 3. The Balaban J connectivity index is 2.93. The molecular formula is C11H11NO4. The highest BCUT2D eigenvalue weighted by Gasteiger charge is 2.25. The third-order valence-electron chi connectivity index (χ3n) is 2.02. The molecule has 1 aromatic rings. The van der Waals surface area contributed by atoms with Crippen molar-refractivity contribution in [3.8, 4) is 0 Å². The summed E-state index contributed by atoms with van der Waals surface area (Å²) in [6.07, 6.45) is -0.707. The van der Waals surface area contributed by atoms with Crippen molar-refractivity contribution in [3.63, 3.8) is 0 Å². The summed E-state index contributed by atoms with van der Waals surface area (Å²) in [5.74, 6) is -0.442. The van der Waals surface area contributed by atoms with E-state index in [1.807, 2.05) is 0 Å². The first-order chi connectivity index (χ1) is 7.74. The van der Waals surface area contributed by atoms with Crippen LogP contribution in [0.4, 0.5) is 0 Å². The number of imide groups is 1. The van der Waals surface area contributed by atoms with Crippen LogP contribution in [0.2, 0.25) is 0 Å². The topological polar surface area (TPSA) is 63.7 Å². The van der Waals surface area contributed by atoms with Crippen LogP contribution in [-0.4, -0.2) is 36.8 Å². The quantitative estimate of drug-likeness (QED) is 0.397. The third-order valence-corrected chi connectivity index (χ3v) is 2.02. The van der Waals surface area contributed by atoms with Gasteiger partial charge in [-0.05, 0) is 0 Å². The van der Waals surface area contributed by atoms with Crippen molar-refractivity contribution in [3.05, 3.63) is 35.9 Å². The number of ketones is 1. The normalized spacial score (nSPS) is 11.6. The third kappa shape index (κ3) is 2.52. The molecule has 1 aromatic carbocycles. The van der Waals surface area contributed by atoms with Gasteiger partial charge in [0.15, 0.2) is 0 Å². The van der Waals surface area contributed by atoms with Gasteiger partial charge in [0.2, 0.25) is 24.8 Å². The van der Waals surface area contributed by atoms with E-state index >= 15 is 0 Å². The van der Waals surface area contributed by atoms with Gasteiger partial charge in [-0.3, -0.25) is 19.3 Å². The molecule has 0 aliphatic heterocycles. The fraction of sp³-hybridized carbons (Fsp3) is 0.182. The Hall–Kier alpha value is -2.01. The van der Waals surface area contributed by atoms with Crippen molar-refractivity contribution in [1.29, 1.82) is 0 Å². The maximum absolute atomic E-state index is 11.9. The predicted molar refractivity (Wildman–Crippen MR) is 55.5 cm³/mol. The minimum atomic E-state index is -1.21. The Kier molecular flexibility index (Phi) is 4.35. The molecule has 2 amide bonds. The Morgan fingerprint density at radius 1 is 1.25 bits per heavy atom. The van der Waals surface area contributed by atoms with Crippen LogP contribution in [0.5, 0.6) is 0 Å². The minimum absolute atomic E-state index is 0.252. The zero-order chi connectivity index (χ0) is 12.0. The number of rotatable bonds is 6. The van der Waals surface area contributed by atoms with E-state index in [0.717, 1.165) is 0 Å². The largest absolute Gasteiger partial charge is 0.354 e. The van der Waals surface area contributed by atoms with Crippen LogP contribution in [0.1, 0.15) is 10.4 Å². The number of nitrogens with zero attached hydrogens (tertiary/aromatic N) is 1. The smallest absolute Gasteiger partial charge is 0.218 e. The van der Waals surface area contributed by atoms with Crippen LogP contribution in [-0.2, 0) is 14.3 Å². The van der Waals surface area contributed by atoms with Gasteiger partial charge in [0.05, 0.1) is 0 Å². The minimum Gasteiger partial charge on any atom is -0.354 e. The molecule has 16 heavy (non-hydrogen) atoms. The summed E-state index contributed by atoms with van der Waals surface area (Å²) in [6, 6.07) is 8.30. The molecule has 5 nitrogen and oxygen atoms in total. The van der Waals surface area contributed by atoms with E-state index in [1.165, 1.54) is 7.11 Å². The van der Waals surface area contributed by atoms with Gasteiger partial charge in [0.1, 0.15) is 0 Å². The second-order valence-corrected chi connectivity index (χ2v) is 2.98. The summed E-state index contributed by atoms with van der Waals surface area (Å²) in [4.78, 5) is 33.6. The molecule has 0 bridgehead atoms. The molecule has 0 saturated carbocycles. The molecule has 0 N–H and O–H groups in total. The van der Waals surface area contributed by atoms with Gasteiger partial charge >= 0.3 is 0 Å². The fourth-order valence-corrected chi connectivity index (χ4v) is 1.24. The Bertz CT molecular complexity index is 369. The molecule has 84 valence electrons. The van der Waals surface area contributed by atoms with E-state index in [-0.39, 0.29) is 12.8 Å². The number of carbonyl (C=O) groups excluding carboxylic acids is 3. The van der Waals surface area contributed by atoms with Crippen molar-refractivity contribution in [2.75, 3.05) is 7.11 Å². The van der Waals surface area contributed by atoms with Gasteiger partial charge in [-0.1, -0.05) is 30.3 Å². The molecule has 0 spiro atoms. The fourth-order valence-electron chi connectivity index (χ4n) is 1.24. The Morgan fingerprint density at radius 2 is 1.81 bits per heavy atom. The molecule has 1 rings (SSSR count). The number of hydrogen-bond acceptors (Lipinski definition) is 4. The van der Waals surface area contributed by atoms with Gasteiger partial charge in [0.25, 0.3) is 0 Å². The van der Waals surface area contributed by atoms with Crippen LogP contribution in [0.3, 0.4) is 0 Å². The van der Waals surface area contributed by atoms with Crippen LogP contribution >= 0.6 is 0 Å². The lowest BCUT2D eigenvalue weighted by Gasteiger charge is -2.19. The molecule has 1 unspecified atom stereocenters. The molecular weight excluding hydrogens is 210 g/mol. The first-order valence-corrected chi connectivity index (χ1v) is 4.54. The lowest BCUT2D eigenvalue weighted by molar-refractivity contribution is -0.138. The van der Waals surface area contributed by atoms with Crippen LogP contribution in [0.15, 0.2) is 30.3 Å². The highest BCUT2D eigenvalue weighted by atomic mass is 16.5. The number of ether oxygens (including phenoxy) is 1. The lowest BCUT2D eigenvalue weighted by atomic mass is 10.1. The summed E-state index contributed by atoms with van der Waals surface area (Å²) in [5.41, 5.74) is 0.378. The molecule has 0 aliphatic rings. The molecule has 0 aliphatic carbocycles. The van der Waals surface area contributed by atoms with Crippen molar-refractivity contribution in [2.24, 2.45) is 0 Å². The average molecular weight is 221 g/mol. The SMILES string of the molecule is COC(C(=O)c1ccccc1)N(C=O)C=O. The first kappa shape index (κ1) is 12.1. The maximum atomic E-state index is 11.9. The van der Waals surface area contributed by atoms with Gasteiger partial charge in [-0.25, -0.2) is 0 Å². The monoisotopic (exact) mass is 221 g/mol. The van der Waals surface area contributed by atoms with Crippen LogP contribution in [0, 0.1) is 0 Å². The first-order valence-electron chi connectivity index (χ1n) is 4.54. The molecule has 1 atom stereocenters. The standard InChI is InChI=1S/C11H11NO4/c1-16-11(12(7-13)8-14)10(15)9-5-3-2-4-6-9/h2-8,11H,1H3. The Morgan fingerprint density at radius 3 is 2.25 bits per heavy atom. The highest BCUT2D eigenvalue weighted by Crippen LogP contribution is 2.07. The van der Waals surface area contributed by atoms with Crippen LogP contribution in [0.25, 0.3) is 0 Å². The predicted octanol–water partition coefficient (Wildman–Crippen LogP) is 0.457. The van der Waals surface area contributed by atoms with Gasteiger partial charge in [-0.2, -0.15) is 0 Å². The second-order valence-electron chi connectivity index (χ2n) is 2.98. The number of benzene rings is 1.